The fourth-order valence-corrected chi connectivity index (χ4v) is 1.23. The van der Waals surface area contributed by atoms with E-state index in [0.29, 0.717) is 0 Å². The highest BCUT2D eigenvalue weighted by molar-refractivity contribution is 5.93. The Balaban J connectivity index is 3.64. The summed E-state index contributed by atoms with van der Waals surface area (Å²) in [4.78, 5) is 11.2. The van der Waals surface area contributed by atoms with Gasteiger partial charge in [0, 0.05) is 5.56 Å². The molecule has 0 fully saturated rings. The van der Waals surface area contributed by atoms with Crippen molar-refractivity contribution in [3.8, 4) is 5.75 Å². The molecule has 0 atom stereocenters. The van der Waals surface area contributed by atoms with E-state index in [4.69, 9.17) is 0 Å². The van der Waals surface area contributed by atoms with Gasteiger partial charge in [-0.25, -0.2) is 18.0 Å². The van der Waals surface area contributed by atoms with Gasteiger partial charge >= 0.3 is 5.97 Å². The van der Waals surface area contributed by atoms with E-state index in [1.807, 2.05) is 0 Å². The summed E-state index contributed by atoms with van der Waals surface area (Å²) in [7, 11) is 2.01. The third-order valence-corrected chi connectivity index (χ3v) is 2.09. The maximum absolute atomic E-state index is 13.5. The first-order chi connectivity index (χ1) is 7.45. The monoisotopic (exact) mass is 234 g/mol. The van der Waals surface area contributed by atoms with Gasteiger partial charge in [-0.3, -0.25) is 0 Å². The van der Waals surface area contributed by atoms with Crippen molar-refractivity contribution in [1.82, 2.24) is 0 Å². The molecule has 0 N–H and O–H groups in total. The van der Waals surface area contributed by atoms with Crippen LogP contribution in [0.4, 0.5) is 13.2 Å². The number of ether oxygens (including phenoxy) is 2. The number of carbonyl (C=O) groups is 1. The van der Waals surface area contributed by atoms with Gasteiger partial charge in [-0.15, -0.1) is 0 Å². The third kappa shape index (κ3) is 1.70. The predicted molar refractivity (Wildman–Crippen MR) is 48.9 cm³/mol. The summed E-state index contributed by atoms with van der Waals surface area (Å²) < 4.78 is 48.8. The molecule has 0 aliphatic rings. The molecule has 3 nitrogen and oxygen atoms in total. The van der Waals surface area contributed by atoms with Crippen LogP contribution in [0.15, 0.2) is 0 Å². The molecule has 0 saturated heterocycles. The molecule has 0 unspecified atom stereocenters. The van der Waals surface area contributed by atoms with Crippen LogP contribution < -0.4 is 4.74 Å². The minimum Gasteiger partial charge on any atom is -0.493 e. The fourth-order valence-electron chi connectivity index (χ4n) is 1.23. The number of benzene rings is 1. The molecule has 0 amide bonds. The van der Waals surface area contributed by atoms with Crippen molar-refractivity contribution >= 4 is 5.97 Å². The number of hydrogen-bond acceptors (Lipinski definition) is 3. The Labute approximate surface area is 89.8 Å². The van der Waals surface area contributed by atoms with Gasteiger partial charge in [0.1, 0.15) is 5.56 Å². The predicted octanol–water partition coefficient (Wildman–Crippen LogP) is 2.21. The van der Waals surface area contributed by atoms with E-state index in [1.54, 1.807) is 0 Å². The molecule has 1 aromatic carbocycles. The second-order valence-corrected chi connectivity index (χ2v) is 2.97. The molecule has 0 saturated carbocycles. The number of methoxy groups -OCH3 is 2. The second-order valence-electron chi connectivity index (χ2n) is 2.97. The van der Waals surface area contributed by atoms with Crippen LogP contribution in [0.25, 0.3) is 0 Å². The Kier molecular flexibility index (Phi) is 3.41. The number of esters is 1. The van der Waals surface area contributed by atoms with Gasteiger partial charge < -0.3 is 9.47 Å². The molecule has 0 radical (unpaired) electrons. The van der Waals surface area contributed by atoms with Gasteiger partial charge in [-0.1, -0.05) is 0 Å². The molecule has 88 valence electrons. The van der Waals surface area contributed by atoms with Gasteiger partial charge in [0.25, 0.3) is 0 Å². The fraction of sp³-hybridized carbons (Fsp3) is 0.300. The highest BCUT2D eigenvalue weighted by atomic mass is 19.2. The molecule has 0 aliphatic heterocycles. The number of rotatable bonds is 2. The molecule has 0 aliphatic carbocycles. The molecule has 0 bridgehead atoms. The summed E-state index contributed by atoms with van der Waals surface area (Å²) in [5.41, 5.74) is -1.44. The molecule has 1 rings (SSSR count). The lowest BCUT2D eigenvalue weighted by Crippen LogP contribution is -2.12. The minimum absolute atomic E-state index is 0.554. The standard InChI is InChI=1S/C10H9F3O3/c1-4-6(11)8(13)5(10(14)16-3)9(15-2)7(4)12/h1-3H3. The van der Waals surface area contributed by atoms with Crippen molar-refractivity contribution in [3.63, 3.8) is 0 Å². The van der Waals surface area contributed by atoms with Crippen LogP contribution in [0, 0.1) is 24.4 Å². The highest BCUT2D eigenvalue weighted by Gasteiger charge is 2.28. The van der Waals surface area contributed by atoms with Crippen LogP contribution in [0.2, 0.25) is 0 Å². The van der Waals surface area contributed by atoms with Crippen molar-refractivity contribution in [1.29, 1.82) is 0 Å². The van der Waals surface area contributed by atoms with Crippen LogP contribution in [0.3, 0.4) is 0 Å². The van der Waals surface area contributed by atoms with E-state index in [2.05, 4.69) is 9.47 Å². The van der Waals surface area contributed by atoms with Crippen molar-refractivity contribution in [2.75, 3.05) is 14.2 Å². The highest BCUT2D eigenvalue weighted by Crippen LogP contribution is 2.31. The first-order valence-electron chi connectivity index (χ1n) is 4.25. The SMILES string of the molecule is COC(=O)c1c(F)c(F)c(C)c(F)c1OC. The third-order valence-electron chi connectivity index (χ3n) is 2.09. The van der Waals surface area contributed by atoms with Crippen LogP contribution in [0.5, 0.6) is 5.75 Å². The normalized spacial score (nSPS) is 10.1. The van der Waals surface area contributed by atoms with Crippen molar-refractivity contribution < 1.29 is 27.4 Å². The van der Waals surface area contributed by atoms with Gasteiger partial charge in [0.15, 0.2) is 23.2 Å². The zero-order chi connectivity index (χ0) is 12.5. The number of hydrogen-bond donors (Lipinski definition) is 0. The smallest absolute Gasteiger partial charge is 0.344 e. The Morgan fingerprint density at radius 3 is 2.06 bits per heavy atom. The van der Waals surface area contributed by atoms with Gasteiger partial charge in [-0.2, -0.15) is 0 Å². The second kappa shape index (κ2) is 4.42. The van der Waals surface area contributed by atoms with Gasteiger partial charge in [-0.05, 0) is 6.92 Å². The summed E-state index contributed by atoms with van der Waals surface area (Å²) in [6.45, 7) is 1.04. The van der Waals surface area contributed by atoms with Crippen molar-refractivity contribution in [2.45, 2.75) is 6.92 Å². The summed E-state index contributed by atoms with van der Waals surface area (Å²) >= 11 is 0. The molecule has 1 aromatic rings. The Hall–Kier alpha value is -1.72. The minimum atomic E-state index is -1.48. The average molecular weight is 234 g/mol. The molecule has 0 aromatic heterocycles. The maximum Gasteiger partial charge on any atom is 0.344 e. The maximum atomic E-state index is 13.5. The molecular weight excluding hydrogens is 225 g/mol. The zero-order valence-corrected chi connectivity index (χ0v) is 8.86. The molecule has 16 heavy (non-hydrogen) atoms. The molecular formula is C10H9F3O3. The quantitative estimate of drug-likeness (QED) is 0.581. The van der Waals surface area contributed by atoms with Crippen LogP contribution in [0.1, 0.15) is 15.9 Å². The summed E-state index contributed by atoms with van der Waals surface area (Å²) in [5.74, 6) is -5.90. The first-order valence-corrected chi connectivity index (χ1v) is 4.25. The van der Waals surface area contributed by atoms with Gasteiger partial charge in [0.05, 0.1) is 14.2 Å². The Morgan fingerprint density at radius 2 is 1.62 bits per heavy atom. The summed E-state index contributed by atoms with van der Waals surface area (Å²) in [6, 6.07) is 0. The zero-order valence-electron chi connectivity index (χ0n) is 8.86. The Morgan fingerprint density at radius 1 is 1.06 bits per heavy atom. The van der Waals surface area contributed by atoms with Crippen LogP contribution in [-0.4, -0.2) is 20.2 Å². The van der Waals surface area contributed by atoms with E-state index >= 15 is 0 Å². The number of halogens is 3. The summed E-state index contributed by atoms with van der Waals surface area (Å²) in [5, 5.41) is 0. The largest absolute Gasteiger partial charge is 0.493 e. The topological polar surface area (TPSA) is 35.5 Å². The Bertz CT molecular complexity index is 444. The van der Waals surface area contributed by atoms with E-state index in [9.17, 15) is 18.0 Å². The van der Waals surface area contributed by atoms with Gasteiger partial charge in [0.2, 0.25) is 0 Å². The molecule has 0 heterocycles. The first kappa shape index (κ1) is 12.4. The lowest BCUT2D eigenvalue weighted by atomic mass is 10.1. The molecule has 0 spiro atoms. The van der Waals surface area contributed by atoms with Crippen LogP contribution in [-0.2, 0) is 4.74 Å². The van der Waals surface area contributed by atoms with Crippen LogP contribution >= 0.6 is 0 Å². The van der Waals surface area contributed by atoms with E-state index in [1.165, 1.54) is 0 Å². The summed E-state index contributed by atoms with van der Waals surface area (Å²) in [6.07, 6.45) is 0. The number of carbonyl (C=O) groups excluding carboxylic acids is 1. The van der Waals surface area contributed by atoms with Crippen molar-refractivity contribution in [2.24, 2.45) is 0 Å². The van der Waals surface area contributed by atoms with E-state index in [-0.39, 0.29) is 0 Å². The molecule has 6 heteroatoms. The average Bonchev–Trinajstić information content (AvgIpc) is 2.29. The lowest BCUT2D eigenvalue weighted by Gasteiger charge is -2.11. The van der Waals surface area contributed by atoms with Crippen molar-refractivity contribution in [3.05, 3.63) is 28.6 Å². The van der Waals surface area contributed by atoms with E-state index in [0.717, 1.165) is 21.1 Å². The van der Waals surface area contributed by atoms with E-state index < -0.39 is 40.3 Å². The lowest BCUT2D eigenvalue weighted by molar-refractivity contribution is 0.0589.